The zero-order valence-electron chi connectivity index (χ0n) is 8.64. The van der Waals surface area contributed by atoms with Crippen LogP contribution >= 0.6 is 0 Å². The van der Waals surface area contributed by atoms with Gasteiger partial charge >= 0.3 is 0 Å². The number of aromatic amines is 1. The number of nitrogen functional groups attached to an aromatic ring is 1. The molecular weight excluding hydrogens is 198 g/mol. The number of H-pyrrole nitrogens is 1. The molecule has 0 atom stereocenters. The SMILES string of the molecule is Nc1cn[nH]c1-c1ccc2ccccc2c1. The van der Waals surface area contributed by atoms with Crippen molar-refractivity contribution in [3.05, 3.63) is 48.7 Å². The summed E-state index contributed by atoms with van der Waals surface area (Å²) in [6.45, 7) is 0. The maximum absolute atomic E-state index is 5.82. The van der Waals surface area contributed by atoms with Crippen molar-refractivity contribution in [3.8, 4) is 11.3 Å². The van der Waals surface area contributed by atoms with E-state index in [1.807, 2.05) is 18.2 Å². The lowest BCUT2D eigenvalue weighted by molar-refractivity contribution is 1.10. The van der Waals surface area contributed by atoms with Crippen LogP contribution in [0.1, 0.15) is 0 Å². The Morgan fingerprint density at radius 2 is 1.81 bits per heavy atom. The van der Waals surface area contributed by atoms with Crippen molar-refractivity contribution < 1.29 is 0 Å². The lowest BCUT2D eigenvalue weighted by Gasteiger charge is -2.02. The number of anilines is 1. The maximum atomic E-state index is 5.82. The Balaban J connectivity index is 2.23. The number of aromatic nitrogens is 2. The van der Waals surface area contributed by atoms with E-state index in [0.29, 0.717) is 5.69 Å². The topological polar surface area (TPSA) is 54.7 Å². The molecule has 0 fully saturated rings. The zero-order chi connectivity index (χ0) is 11.0. The van der Waals surface area contributed by atoms with Crippen molar-refractivity contribution in [2.45, 2.75) is 0 Å². The van der Waals surface area contributed by atoms with Gasteiger partial charge in [-0.15, -0.1) is 0 Å². The van der Waals surface area contributed by atoms with E-state index in [0.717, 1.165) is 11.3 Å². The predicted molar refractivity (Wildman–Crippen MR) is 65.9 cm³/mol. The summed E-state index contributed by atoms with van der Waals surface area (Å²) in [5.74, 6) is 0. The minimum absolute atomic E-state index is 0.676. The van der Waals surface area contributed by atoms with Crippen LogP contribution in [0.4, 0.5) is 5.69 Å². The lowest BCUT2D eigenvalue weighted by Crippen LogP contribution is -1.86. The molecule has 3 aromatic rings. The normalized spacial score (nSPS) is 10.8. The van der Waals surface area contributed by atoms with Crippen molar-refractivity contribution >= 4 is 16.5 Å². The fourth-order valence-corrected chi connectivity index (χ4v) is 1.87. The van der Waals surface area contributed by atoms with Crippen LogP contribution in [-0.2, 0) is 0 Å². The molecule has 0 spiro atoms. The van der Waals surface area contributed by atoms with E-state index in [-0.39, 0.29) is 0 Å². The van der Waals surface area contributed by atoms with Gasteiger partial charge in [0.1, 0.15) is 0 Å². The number of rotatable bonds is 1. The first-order valence-electron chi connectivity index (χ1n) is 5.12. The van der Waals surface area contributed by atoms with Gasteiger partial charge in [0.15, 0.2) is 0 Å². The van der Waals surface area contributed by atoms with Crippen molar-refractivity contribution in [1.29, 1.82) is 0 Å². The highest BCUT2D eigenvalue weighted by atomic mass is 15.1. The summed E-state index contributed by atoms with van der Waals surface area (Å²) in [4.78, 5) is 0. The van der Waals surface area contributed by atoms with E-state index < -0.39 is 0 Å². The van der Waals surface area contributed by atoms with Crippen LogP contribution in [0.2, 0.25) is 0 Å². The highest BCUT2D eigenvalue weighted by molar-refractivity contribution is 5.88. The molecule has 1 aromatic heterocycles. The first-order chi connectivity index (χ1) is 7.84. The average molecular weight is 209 g/mol. The number of hydrogen-bond acceptors (Lipinski definition) is 2. The molecule has 3 nitrogen and oxygen atoms in total. The molecule has 3 heteroatoms. The van der Waals surface area contributed by atoms with Gasteiger partial charge in [0.05, 0.1) is 17.6 Å². The van der Waals surface area contributed by atoms with E-state index in [4.69, 9.17) is 5.73 Å². The molecule has 16 heavy (non-hydrogen) atoms. The van der Waals surface area contributed by atoms with Crippen LogP contribution in [0.3, 0.4) is 0 Å². The number of nitrogens with two attached hydrogens (primary N) is 1. The Morgan fingerprint density at radius 3 is 2.56 bits per heavy atom. The quantitative estimate of drug-likeness (QED) is 0.647. The van der Waals surface area contributed by atoms with Crippen LogP contribution in [0.25, 0.3) is 22.0 Å². The van der Waals surface area contributed by atoms with E-state index in [1.54, 1.807) is 6.20 Å². The molecule has 3 N–H and O–H groups in total. The highest BCUT2D eigenvalue weighted by Gasteiger charge is 2.04. The second kappa shape index (κ2) is 3.38. The van der Waals surface area contributed by atoms with Gasteiger partial charge in [0, 0.05) is 5.56 Å². The Kier molecular flexibility index (Phi) is 1.90. The third-order valence-electron chi connectivity index (χ3n) is 2.71. The number of nitrogens with zero attached hydrogens (tertiary/aromatic N) is 1. The van der Waals surface area contributed by atoms with Crippen LogP contribution in [-0.4, -0.2) is 10.2 Å². The van der Waals surface area contributed by atoms with Gasteiger partial charge in [-0.2, -0.15) is 5.10 Å². The lowest BCUT2D eigenvalue weighted by atomic mass is 10.0. The summed E-state index contributed by atoms with van der Waals surface area (Å²) in [6.07, 6.45) is 1.63. The fraction of sp³-hybridized carbons (Fsp3) is 0. The van der Waals surface area contributed by atoms with Gasteiger partial charge in [0.25, 0.3) is 0 Å². The van der Waals surface area contributed by atoms with Crippen molar-refractivity contribution in [2.75, 3.05) is 5.73 Å². The van der Waals surface area contributed by atoms with Crippen LogP contribution in [0.5, 0.6) is 0 Å². The Hall–Kier alpha value is -2.29. The first kappa shape index (κ1) is 8.97. The predicted octanol–water partition coefficient (Wildman–Crippen LogP) is 2.81. The van der Waals surface area contributed by atoms with Gasteiger partial charge in [-0.3, -0.25) is 5.10 Å². The van der Waals surface area contributed by atoms with Crippen molar-refractivity contribution in [1.82, 2.24) is 10.2 Å². The van der Waals surface area contributed by atoms with E-state index in [2.05, 4.69) is 34.5 Å². The van der Waals surface area contributed by atoms with E-state index in [1.165, 1.54) is 10.8 Å². The molecule has 0 amide bonds. The summed E-state index contributed by atoms with van der Waals surface area (Å²) in [5.41, 5.74) is 8.44. The molecule has 0 radical (unpaired) electrons. The molecular formula is C13H11N3. The molecule has 3 rings (SSSR count). The summed E-state index contributed by atoms with van der Waals surface area (Å²) in [5, 5.41) is 9.27. The first-order valence-corrected chi connectivity index (χ1v) is 5.12. The monoisotopic (exact) mass is 209 g/mol. The summed E-state index contributed by atoms with van der Waals surface area (Å²) in [7, 11) is 0. The smallest absolute Gasteiger partial charge is 0.0880 e. The van der Waals surface area contributed by atoms with E-state index in [9.17, 15) is 0 Å². The van der Waals surface area contributed by atoms with Crippen molar-refractivity contribution in [2.24, 2.45) is 0 Å². The van der Waals surface area contributed by atoms with Crippen LogP contribution in [0, 0.1) is 0 Å². The number of hydrogen-bond donors (Lipinski definition) is 2. The third-order valence-corrected chi connectivity index (χ3v) is 2.71. The molecule has 0 aliphatic heterocycles. The van der Waals surface area contributed by atoms with Crippen LogP contribution < -0.4 is 5.73 Å². The molecule has 0 unspecified atom stereocenters. The maximum Gasteiger partial charge on any atom is 0.0880 e. The van der Waals surface area contributed by atoms with Crippen LogP contribution in [0.15, 0.2) is 48.7 Å². The van der Waals surface area contributed by atoms with Gasteiger partial charge in [0.2, 0.25) is 0 Å². The Bertz CT molecular complexity index is 640. The standard InChI is InChI=1S/C13H11N3/c14-12-8-15-16-13(12)11-6-5-9-3-1-2-4-10(9)7-11/h1-8H,14H2,(H,15,16). The van der Waals surface area contributed by atoms with Crippen molar-refractivity contribution in [3.63, 3.8) is 0 Å². The molecule has 0 aliphatic rings. The molecule has 1 heterocycles. The van der Waals surface area contributed by atoms with Gasteiger partial charge in [-0.05, 0) is 16.8 Å². The minimum Gasteiger partial charge on any atom is -0.396 e. The molecule has 0 saturated carbocycles. The number of nitrogens with one attached hydrogen (secondary N) is 1. The Morgan fingerprint density at radius 1 is 1.00 bits per heavy atom. The summed E-state index contributed by atoms with van der Waals surface area (Å²) >= 11 is 0. The second-order valence-electron chi connectivity index (χ2n) is 3.76. The van der Waals surface area contributed by atoms with Gasteiger partial charge < -0.3 is 5.73 Å². The summed E-state index contributed by atoms with van der Waals surface area (Å²) in [6, 6.07) is 14.5. The summed E-state index contributed by atoms with van der Waals surface area (Å²) < 4.78 is 0. The largest absolute Gasteiger partial charge is 0.396 e. The average Bonchev–Trinajstić information content (AvgIpc) is 2.75. The fourth-order valence-electron chi connectivity index (χ4n) is 1.87. The van der Waals surface area contributed by atoms with E-state index >= 15 is 0 Å². The number of benzene rings is 2. The minimum atomic E-state index is 0.676. The molecule has 0 bridgehead atoms. The van der Waals surface area contributed by atoms with Gasteiger partial charge in [-0.1, -0.05) is 36.4 Å². The Labute approximate surface area is 92.9 Å². The molecule has 0 aliphatic carbocycles. The molecule has 2 aromatic carbocycles. The third kappa shape index (κ3) is 1.34. The molecule has 0 saturated heterocycles. The molecule has 78 valence electrons. The van der Waals surface area contributed by atoms with Gasteiger partial charge in [-0.25, -0.2) is 0 Å². The number of fused-ring (bicyclic) bond motifs is 1. The highest BCUT2D eigenvalue weighted by Crippen LogP contribution is 2.26. The zero-order valence-corrected chi connectivity index (χ0v) is 8.64. The second-order valence-corrected chi connectivity index (χ2v) is 3.76.